The number of nitrogens with zero attached hydrogens (tertiary/aromatic N) is 3. The fourth-order valence-corrected chi connectivity index (χ4v) is 4.39. The second kappa shape index (κ2) is 8.01. The molecule has 1 aromatic heterocycles. The van der Waals surface area contributed by atoms with Gasteiger partial charge in [0, 0.05) is 24.2 Å². The van der Waals surface area contributed by atoms with E-state index in [0.717, 1.165) is 6.42 Å². The first-order valence-corrected chi connectivity index (χ1v) is 9.99. The molecule has 8 nitrogen and oxygen atoms in total. The van der Waals surface area contributed by atoms with Crippen molar-refractivity contribution in [2.75, 3.05) is 20.2 Å². The molecular formula is C18H21N3O5S. The maximum absolute atomic E-state index is 12.9. The summed E-state index contributed by atoms with van der Waals surface area (Å²) >= 11 is 0. The summed E-state index contributed by atoms with van der Waals surface area (Å²) < 4.78 is 37.9. The number of rotatable bonds is 6. The van der Waals surface area contributed by atoms with Gasteiger partial charge in [0.25, 0.3) is 0 Å². The van der Waals surface area contributed by atoms with Crippen LogP contribution in [0.25, 0.3) is 0 Å². The third kappa shape index (κ3) is 4.42. The van der Waals surface area contributed by atoms with Crippen molar-refractivity contribution in [3.63, 3.8) is 0 Å². The van der Waals surface area contributed by atoms with Gasteiger partial charge in [-0.2, -0.15) is 4.31 Å². The van der Waals surface area contributed by atoms with Gasteiger partial charge in [-0.25, -0.2) is 8.42 Å². The number of ketones is 1. The summed E-state index contributed by atoms with van der Waals surface area (Å²) in [5, 5.41) is 7.76. The lowest BCUT2D eigenvalue weighted by molar-refractivity contribution is 0.101. The lowest BCUT2D eigenvalue weighted by Crippen LogP contribution is -2.44. The molecule has 2 aromatic rings. The first-order valence-electron chi connectivity index (χ1n) is 8.55. The van der Waals surface area contributed by atoms with Gasteiger partial charge in [-0.3, -0.25) is 4.79 Å². The fraction of sp³-hybridized carbons (Fsp3) is 0.389. The summed E-state index contributed by atoms with van der Waals surface area (Å²) in [6.45, 7) is 2.09. The van der Waals surface area contributed by atoms with Crippen molar-refractivity contribution in [2.24, 2.45) is 0 Å². The smallest absolute Gasteiger partial charge is 0.243 e. The highest BCUT2D eigenvalue weighted by molar-refractivity contribution is 7.89. The van der Waals surface area contributed by atoms with Crippen LogP contribution >= 0.6 is 0 Å². The first kappa shape index (κ1) is 19.2. The van der Waals surface area contributed by atoms with Crippen LogP contribution in [0.15, 0.2) is 41.3 Å². The SMILES string of the molecule is COc1ccc(OC2CCCN(S(=O)(=O)c3ccc(C(C)=O)cc3)C2)nn1. The molecule has 1 fully saturated rings. The summed E-state index contributed by atoms with van der Waals surface area (Å²) in [7, 11) is -2.16. The molecule has 0 N–H and O–H groups in total. The molecule has 3 rings (SSSR count). The third-order valence-electron chi connectivity index (χ3n) is 4.35. The molecule has 0 radical (unpaired) electrons. The van der Waals surface area contributed by atoms with Crippen molar-refractivity contribution < 1.29 is 22.7 Å². The zero-order valence-corrected chi connectivity index (χ0v) is 16.0. The molecule has 1 saturated heterocycles. The van der Waals surface area contributed by atoms with Crippen molar-refractivity contribution in [1.82, 2.24) is 14.5 Å². The van der Waals surface area contributed by atoms with Gasteiger partial charge in [0.1, 0.15) is 6.10 Å². The number of Topliss-reactive ketones (excluding diaryl/α,β-unsaturated/α-hetero) is 1. The molecule has 0 saturated carbocycles. The van der Waals surface area contributed by atoms with Crippen LogP contribution in [-0.4, -0.2) is 55.0 Å². The molecular weight excluding hydrogens is 370 g/mol. The Balaban J connectivity index is 1.71. The highest BCUT2D eigenvalue weighted by Gasteiger charge is 2.31. The lowest BCUT2D eigenvalue weighted by atomic mass is 10.1. The van der Waals surface area contributed by atoms with Crippen LogP contribution in [0.3, 0.4) is 0 Å². The van der Waals surface area contributed by atoms with Gasteiger partial charge >= 0.3 is 0 Å². The number of benzene rings is 1. The molecule has 0 aliphatic carbocycles. The normalized spacial score (nSPS) is 18.1. The van der Waals surface area contributed by atoms with E-state index in [4.69, 9.17) is 9.47 Å². The Kier molecular flexibility index (Phi) is 5.71. The van der Waals surface area contributed by atoms with E-state index in [1.807, 2.05) is 0 Å². The van der Waals surface area contributed by atoms with Crippen molar-refractivity contribution in [1.29, 1.82) is 0 Å². The minimum absolute atomic E-state index is 0.106. The van der Waals surface area contributed by atoms with Crippen LogP contribution in [0.5, 0.6) is 11.8 Å². The molecule has 1 aliphatic rings. The Morgan fingerprint density at radius 1 is 1.11 bits per heavy atom. The van der Waals surface area contributed by atoms with E-state index >= 15 is 0 Å². The quantitative estimate of drug-likeness (QED) is 0.694. The van der Waals surface area contributed by atoms with Crippen LogP contribution in [0.2, 0.25) is 0 Å². The predicted molar refractivity (Wildman–Crippen MR) is 97.4 cm³/mol. The number of methoxy groups -OCH3 is 1. The molecule has 27 heavy (non-hydrogen) atoms. The molecule has 0 amide bonds. The van der Waals surface area contributed by atoms with E-state index in [-0.39, 0.29) is 23.3 Å². The van der Waals surface area contributed by atoms with Gasteiger partial charge in [-0.05, 0) is 31.9 Å². The van der Waals surface area contributed by atoms with Crippen molar-refractivity contribution in [2.45, 2.75) is 30.8 Å². The van der Waals surface area contributed by atoms with Crippen molar-refractivity contribution in [3.8, 4) is 11.8 Å². The zero-order chi connectivity index (χ0) is 19.4. The average Bonchev–Trinajstić information content (AvgIpc) is 2.69. The number of carbonyl (C=O) groups is 1. The van der Waals surface area contributed by atoms with Gasteiger partial charge < -0.3 is 9.47 Å². The van der Waals surface area contributed by atoms with Crippen LogP contribution < -0.4 is 9.47 Å². The Morgan fingerprint density at radius 2 is 1.78 bits per heavy atom. The number of ether oxygens (including phenoxy) is 2. The van der Waals surface area contributed by atoms with E-state index in [1.165, 1.54) is 42.6 Å². The Bertz CT molecular complexity index is 898. The number of aromatic nitrogens is 2. The summed E-state index contributed by atoms with van der Waals surface area (Å²) in [5.41, 5.74) is 0.479. The number of hydrogen-bond acceptors (Lipinski definition) is 7. The van der Waals surface area contributed by atoms with E-state index < -0.39 is 10.0 Å². The van der Waals surface area contributed by atoms with Crippen LogP contribution in [0.1, 0.15) is 30.1 Å². The van der Waals surface area contributed by atoms with E-state index in [2.05, 4.69) is 10.2 Å². The monoisotopic (exact) mass is 391 g/mol. The topological polar surface area (TPSA) is 98.7 Å². The van der Waals surface area contributed by atoms with Crippen molar-refractivity contribution >= 4 is 15.8 Å². The summed E-state index contributed by atoms with van der Waals surface area (Å²) in [4.78, 5) is 11.5. The number of carbonyl (C=O) groups excluding carboxylic acids is 1. The van der Waals surface area contributed by atoms with Gasteiger partial charge in [0.15, 0.2) is 5.78 Å². The lowest BCUT2D eigenvalue weighted by Gasteiger charge is -2.31. The molecule has 1 unspecified atom stereocenters. The van der Waals surface area contributed by atoms with E-state index in [0.29, 0.717) is 30.3 Å². The van der Waals surface area contributed by atoms with Crippen LogP contribution in [-0.2, 0) is 10.0 Å². The zero-order valence-electron chi connectivity index (χ0n) is 15.2. The molecule has 9 heteroatoms. The van der Waals surface area contributed by atoms with Crippen LogP contribution in [0, 0.1) is 0 Å². The van der Waals surface area contributed by atoms with E-state index in [9.17, 15) is 13.2 Å². The summed E-state index contributed by atoms with van der Waals surface area (Å²) in [6.07, 6.45) is 1.09. The largest absolute Gasteiger partial charge is 0.480 e. The van der Waals surface area contributed by atoms with Crippen molar-refractivity contribution in [3.05, 3.63) is 42.0 Å². The van der Waals surface area contributed by atoms with E-state index in [1.54, 1.807) is 12.1 Å². The maximum Gasteiger partial charge on any atom is 0.243 e. The third-order valence-corrected chi connectivity index (χ3v) is 6.23. The number of piperidine rings is 1. The Hall–Kier alpha value is -2.52. The number of sulfonamides is 1. The predicted octanol–water partition coefficient (Wildman–Crippen LogP) is 1.92. The first-order chi connectivity index (χ1) is 12.9. The second-order valence-corrected chi connectivity index (χ2v) is 8.18. The summed E-state index contributed by atoms with van der Waals surface area (Å²) in [5.74, 6) is 0.598. The van der Waals surface area contributed by atoms with Gasteiger partial charge in [0.05, 0.1) is 18.6 Å². The molecule has 1 atom stereocenters. The highest BCUT2D eigenvalue weighted by atomic mass is 32.2. The van der Waals surface area contributed by atoms with Gasteiger partial charge in [0.2, 0.25) is 21.8 Å². The molecule has 1 aliphatic heterocycles. The minimum Gasteiger partial charge on any atom is -0.480 e. The molecule has 144 valence electrons. The van der Waals surface area contributed by atoms with Gasteiger partial charge in [-0.1, -0.05) is 12.1 Å². The van der Waals surface area contributed by atoms with Crippen LogP contribution in [0.4, 0.5) is 0 Å². The average molecular weight is 391 g/mol. The standard InChI is InChI=1S/C18H21N3O5S/c1-13(22)14-5-7-16(8-6-14)27(23,24)21-11-3-4-15(12-21)26-18-10-9-17(25-2)19-20-18/h5-10,15H,3-4,11-12H2,1-2H3. The second-order valence-electron chi connectivity index (χ2n) is 6.24. The molecule has 1 aromatic carbocycles. The number of hydrogen-bond donors (Lipinski definition) is 0. The Morgan fingerprint density at radius 3 is 2.37 bits per heavy atom. The highest BCUT2D eigenvalue weighted by Crippen LogP contribution is 2.23. The fourth-order valence-electron chi connectivity index (χ4n) is 2.88. The summed E-state index contributed by atoms with van der Waals surface area (Å²) in [6, 6.07) is 9.26. The minimum atomic E-state index is -3.65. The molecule has 0 spiro atoms. The maximum atomic E-state index is 12.9. The van der Waals surface area contributed by atoms with Gasteiger partial charge in [-0.15, -0.1) is 10.2 Å². The molecule has 2 heterocycles. The molecule has 0 bridgehead atoms. The Labute approximate surface area is 158 Å².